The summed E-state index contributed by atoms with van der Waals surface area (Å²) in [6, 6.07) is 7.21. The molecule has 19 heavy (non-hydrogen) atoms. The molecule has 0 aliphatic rings. The first kappa shape index (κ1) is 13.0. The van der Waals surface area contributed by atoms with Crippen molar-refractivity contribution in [1.82, 2.24) is 0 Å². The maximum Gasteiger partial charge on any atom is 0.259 e. The van der Waals surface area contributed by atoms with E-state index in [1.165, 1.54) is 12.1 Å². The van der Waals surface area contributed by atoms with Crippen LogP contribution in [0.4, 0.5) is 14.5 Å². The van der Waals surface area contributed by atoms with E-state index in [4.69, 9.17) is 0 Å². The number of aromatic hydroxyl groups is 1. The lowest BCUT2D eigenvalue weighted by atomic mass is 10.1. The molecule has 0 aliphatic heterocycles. The Balaban J connectivity index is 2.28. The first-order valence-electron chi connectivity index (χ1n) is 5.53. The summed E-state index contributed by atoms with van der Waals surface area (Å²) in [4.78, 5) is 11.9. The van der Waals surface area contributed by atoms with Crippen LogP contribution in [0, 0.1) is 18.6 Å². The Morgan fingerprint density at radius 1 is 1.11 bits per heavy atom. The van der Waals surface area contributed by atoms with E-state index in [0.717, 1.165) is 17.7 Å². The van der Waals surface area contributed by atoms with Gasteiger partial charge in [0.15, 0.2) is 0 Å². The van der Waals surface area contributed by atoms with E-state index in [0.29, 0.717) is 6.07 Å². The van der Waals surface area contributed by atoms with E-state index in [-0.39, 0.29) is 17.0 Å². The van der Waals surface area contributed by atoms with Crippen LogP contribution in [0.25, 0.3) is 0 Å². The zero-order valence-corrected chi connectivity index (χ0v) is 10.1. The topological polar surface area (TPSA) is 49.3 Å². The minimum Gasteiger partial charge on any atom is -0.507 e. The van der Waals surface area contributed by atoms with Gasteiger partial charge in [-0.1, -0.05) is 11.6 Å². The molecule has 0 bridgehead atoms. The number of carbonyl (C=O) groups is 1. The number of phenols is 1. The number of aryl methyl sites for hydroxylation is 1. The highest BCUT2D eigenvalue weighted by Crippen LogP contribution is 2.20. The molecule has 0 spiro atoms. The summed E-state index contributed by atoms with van der Waals surface area (Å²) in [7, 11) is 0. The Bertz CT molecular complexity index is 621. The third-order valence-electron chi connectivity index (χ3n) is 2.52. The summed E-state index contributed by atoms with van der Waals surface area (Å²) in [6.45, 7) is 1.76. The van der Waals surface area contributed by atoms with Gasteiger partial charge in [0, 0.05) is 11.8 Å². The fourth-order valence-electron chi connectivity index (χ4n) is 1.66. The molecule has 0 aromatic heterocycles. The predicted octanol–water partition coefficient (Wildman–Crippen LogP) is 3.23. The highest BCUT2D eigenvalue weighted by Gasteiger charge is 2.12. The van der Waals surface area contributed by atoms with Gasteiger partial charge in [-0.25, -0.2) is 8.78 Å². The molecule has 2 N–H and O–H groups in total. The van der Waals surface area contributed by atoms with Crippen LogP contribution in [-0.2, 0) is 0 Å². The van der Waals surface area contributed by atoms with Crippen LogP contribution >= 0.6 is 0 Å². The van der Waals surface area contributed by atoms with Crippen LogP contribution in [-0.4, -0.2) is 11.0 Å². The summed E-state index contributed by atoms with van der Waals surface area (Å²) >= 11 is 0. The number of benzene rings is 2. The second-order valence-corrected chi connectivity index (χ2v) is 4.13. The van der Waals surface area contributed by atoms with Crippen LogP contribution in [0.1, 0.15) is 15.9 Å². The molecule has 5 heteroatoms. The normalized spacial score (nSPS) is 10.3. The van der Waals surface area contributed by atoms with E-state index in [1.807, 2.05) is 0 Å². The maximum absolute atomic E-state index is 13.0. The highest BCUT2D eigenvalue weighted by atomic mass is 19.1. The van der Waals surface area contributed by atoms with E-state index in [9.17, 15) is 18.7 Å². The molecule has 1 amide bonds. The third-order valence-corrected chi connectivity index (χ3v) is 2.52. The first-order valence-corrected chi connectivity index (χ1v) is 5.53. The summed E-state index contributed by atoms with van der Waals surface area (Å²) in [6.07, 6.45) is 0. The second kappa shape index (κ2) is 5.06. The Kier molecular flexibility index (Phi) is 3.46. The number of hydrogen-bond acceptors (Lipinski definition) is 2. The molecule has 0 atom stereocenters. The molecule has 0 saturated heterocycles. The van der Waals surface area contributed by atoms with Crippen LogP contribution in [0.15, 0.2) is 36.4 Å². The third kappa shape index (κ3) is 3.07. The predicted molar refractivity (Wildman–Crippen MR) is 67.2 cm³/mol. The zero-order chi connectivity index (χ0) is 14.0. The van der Waals surface area contributed by atoms with Crippen LogP contribution in [0.5, 0.6) is 5.75 Å². The Morgan fingerprint density at radius 2 is 1.74 bits per heavy atom. The van der Waals surface area contributed by atoms with E-state index in [2.05, 4.69) is 5.32 Å². The van der Waals surface area contributed by atoms with Crippen molar-refractivity contribution in [2.75, 3.05) is 5.32 Å². The zero-order valence-electron chi connectivity index (χ0n) is 10.1. The lowest BCUT2D eigenvalue weighted by molar-refractivity contribution is 0.102. The van der Waals surface area contributed by atoms with Crippen molar-refractivity contribution in [1.29, 1.82) is 0 Å². The van der Waals surface area contributed by atoms with E-state index in [1.54, 1.807) is 13.0 Å². The van der Waals surface area contributed by atoms with Gasteiger partial charge >= 0.3 is 0 Å². The summed E-state index contributed by atoms with van der Waals surface area (Å²) < 4.78 is 26.0. The molecule has 0 fully saturated rings. The molecule has 0 aliphatic carbocycles. The van der Waals surface area contributed by atoms with Crippen molar-refractivity contribution in [2.45, 2.75) is 6.92 Å². The monoisotopic (exact) mass is 263 g/mol. The summed E-state index contributed by atoms with van der Waals surface area (Å²) in [5, 5.41) is 11.9. The van der Waals surface area contributed by atoms with Gasteiger partial charge in [0.25, 0.3) is 5.91 Å². The molecule has 0 heterocycles. The lowest BCUT2D eigenvalue weighted by Crippen LogP contribution is -2.12. The highest BCUT2D eigenvalue weighted by molar-refractivity contribution is 6.06. The Morgan fingerprint density at radius 3 is 2.37 bits per heavy atom. The van der Waals surface area contributed by atoms with Gasteiger partial charge in [0.1, 0.15) is 17.4 Å². The van der Waals surface area contributed by atoms with Crippen molar-refractivity contribution in [2.24, 2.45) is 0 Å². The number of rotatable bonds is 2. The molecule has 0 saturated carbocycles. The molecule has 2 rings (SSSR count). The average molecular weight is 263 g/mol. The Labute approximate surface area is 108 Å². The quantitative estimate of drug-likeness (QED) is 0.873. The van der Waals surface area contributed by atoms with Gasteiger partial charge in [-0.15, -0.1) is 0 Å². The van der Waals surface area contributed by atoms with Crippen molar-refractivity contribution >= 4 is 11.6 Å². The summed E-state index contributed by atoms with van der Waals surface area (Å²) in [5.41, 5.74) is 0.821. The number of nitrogens with one attached hydrogen (secondary N) is 1. The molecule has 0 unspecified atom stereocenters. The number of halogens is 2. The number of hydrogen-bond donors (Lipinski definition) is 2. The van der Waals surface area contributed by atoms with Crippen LogP contribution in [0.2, 0.25) is 0 Å². The average Bonchev–Trinajstić information content (AvgIpc) is 2.30. The van der Waals surface area contributed by atoms with E-state index >= 15 is 0 Å². The first-order chi connectivity index (χ1) is 8.95. The van der Waals surface area contributed by atoms with Crippen LogP contribution in [0.3, 0.4) is 0 Å². The molecular weight excluding hydrogens is 252 g/mol. The molecule has 0 radical (unpaired) electrons. The van der Waals surface area contributed by atoms with Crippen molar-refractivity contribution in [3.8, 4) is 5.75 Å². The SMILES string of the molecule is Cc1ccc(O)c(C(=O)Nc2cc(F)cc(F)c2)c1. The van der Waals surface area contributed by atoms with Crippen molar-refractivity contribution < 1.29 is 18.7 Å². The molecule has 2 aromatic rings. The van der Waals surface area contributed by atoms with Gasteiger partial charge in [-0.05, 0) is 31.2 Å². The van der Waals surface area contributed by atoms with Crippen molar-refractivity contribution in [3.05, 3.63) is 59.2 Å². The minimum atomic E-state index is -0.788. The largest absolute Gasteiger partial charge is 0.507 e. The molecule has 3 nitrogen and oxygen atoms in total. The summed E-state index contributed by atoms with van der Waals surface area (Å²) in [5.74, 6) is -2.40. The maximum atomic E-state index is 13.0. The van der Waals surface area contributed by atoms with Gasteiger partial charge in [-0.2, -0.15) is 0 Å². The number of anilines is 1. The van der Waals surface area contributed by atoms with Crippen LogP contribution < -0.4 is 5.32 Å². The van der Waals surface area contributed by atoms with Gasteiger partial charge in [-0.3, -0.25) is 4.79 Å². The fourth-order valence-corrected chi connectivity index (χ4v) is 1.66. The Hall–Kier alpha value is -2.43. The minimum absolute atomic E-state index is 0.0107. The van der Waals surface area contributed by atoms with Crippen molar-refractivity contribution in [3.63, 3.8) is 0 Å². The van der Waals surface area contributed by atoms with E-state index < -0.39 is 17.5 Å². The van der Waals surface area contributed by atoms with Gasteiger partial charge in [0.2, 0.25) is 0 Å². The molecular formula is C14H11F2NO2. The number of phenolic OH excluding ortho intramolecular Hbond substituents is 1. The van der Waals surface area contributed by atoms with Gasteiger partial charge < -0.3 is 10.4 Å². The lowest BCUT2D eigenvalue weighted by Gasteiger charge is -2.08. The standard InChI is InChI=1S/C14H11F2NO2/c1-8-2-3-13(18)12(4-8)14(19)17-11-6-9(15)5-10(16)7-11/h2-7,18H,1H3,(H,17,19). The van der Waals surface area contributed by atoms with Gasteiger partial charge in [0.05, 0.1) is 5.56 Å². The molecule has 2 aromatic carbocycles. The number of amides is 1. The second-order valence-electron chi connectivity index (χ2n) is 4.13. The fraction of sp³-hybridized carbons (Fsp3) is 0.0714. The molecule has 98 valence electrons. The number of carbonyl (C=O) groups excluding carboxylic acids is 1. The smallest absolute Gasteiger partial charge is 0.259 e.